The van der Waals surface area contributed by atoms with Crippen LogP contribution in [0.15, 0.2) is 71.3 Å². The molecule has 0 saturated heterocycles. The van der Waals surface area contributed by atoms with Crippen molar-refractivity contribution in [1.82, 2.24) is 5.32 Å². The number of nitrogens with one attached hydrogen (secondary N) is 3. The van der Waals surface area contributed by atoms with Gasteiger partial charge >= 0.3 is 6.03 Å². The van der Waals surface area contributed by atoms with Gasteiger partial charge in [-0.25, -0.2) is 4.79 Å². The summed E-state index contributed by atoms with van der Waals surface area (Å²) in [5.41, 5.74) is 1.17. The first-order chi connectivity index (χ1) is 14.0. The number of ether oxygens (including phenoxy) is 1. The summed E-state index contributed by atoms with van der Waals surface area (Å²) in [5.74, 6) is 0.919. The number of carbonyl (C=O) groups excluding carboxylic acids is 2. The highest BCUT2D eigenvalue weighted by Gasteiger charge is 2.15. The fourth-order valence-corrected chi connectivity index (χ4v) is 2.53. The Balaban J connectivity index is 1.47. The Kier molecular flexibility index (Phi) is 6.76. The lowest BCUT2D eigenvalue weighted by Crippen LogP contribution is -2.30. The predicted molar refractivity (Wildman–Crippen MR) is 111 cm³/mol. The minimum absolute atomic E-state index is 0.290. The number of benzene rings is 2. The van der Waals surface area contributed by atoms with Gasteiger partial charge in [0.15, 0.2) is 6.10 Å². The predicted octanol–water partition coefficient (Wildman–Crippen LogP) is 4.66. The second kappa shape index (κ2) is 9.66. The molecule has 2 aromatic carbocycles. The van der Waals surface area contributed by atoms with Crippen molar-refractivity contribution in [2.45, 2.75) is 19.6 Å². The van der Waals surface area contributed by atoms with Gasteiger partial charge in [-0.3, -0.25) is 4.79 Å². The van der Waals surface area contributed by atoms with Gasteiger partial charge < -0.3 is 25.1 Å². The number of hydrogen-bond acceptors (Lipinski definition) is 4. The van der Waals surface area contributed by atoms with E-state index in [4.69, 9.17) is 20.8 Å². The van der Waals surface area contributed by atoms with Crippen molar-refractivity contribution in [2.75, 3.05) is 10.6 Å². The van der Waals surface area contributed by atoms with Gasteiger partial charge in [0.2, 0.25) is 0 Å². The van der Waals surface area contributed by atoms with Crippen LogP contribution in [0.25, 0.3) is 0 Å². The van der Waals surface area contributed by atoms with E-state index in [0.717, 1.165) is 0 Å². The van der Waals surface area contributed by atoms with Crippen LogP contribution in [0.3, 0.4) is 0 Å². The highest BCUT2D eigenvalue weighted by molar-refractivity contribution is 6.30. The SMILES string of the molecule is CC(Oc1ccc(Cl)cc1)C(=O)Nc1ccc(NC(=O)NCc2ccco2)cc1. The summed E-state index contributed by atoms with van der Waals surface area (Å²) in [4.78, 5) is 24.2. The van der Waals surface area contributed by atoms with Crippen LogP contribution in [0.5, 0.6) is 5.75 Å². The monoisotopic (exact) mass is 413 g/mol. The van der Waals surface area contributed by atoms with Gasteiger partial charge in [-0.1, -0.05) is 11.6 Å². The van der Waals surface area contributed by atoms with E-state index < -0.39 is 6.10 Å². The number of halogens is 1. The van der Waals surface area contributed by atoms with Crippen molar-refractivity contribution in [3.8, 4) is 5.75 Å². The largest absolute Gasteiger partial charge is 0.481 e. The Labute approximate surface area is 173 Å². The average Bonchev–Trinajstić information content (AvgIpc) is 3.23. The topological polar surface area (TPSA) is 92.6 Å². The first-order valence-corrected chi connectivity index (χ1v) is 9.28. The molecular formula is C21H20ClN3O4. The summed E-state index contributed by atoms with van der Waals surface area (Å²) in [5, 5.41) is 8.75. The van der Waals surface area contributed by atoms with Gasteiger partial charge in [-0.15, -0.1) is 0 Å². The zero-order valence-corrected chi connectivity index (χ0v) is 16.4. The molecule has 3 rings (SSSR count). The van der Waals surface area contributed by atoms with Gasteiger partial charge in [0.25, 0.3) is 5.91 Å². The number of rotatable bonds is 7. The number of furan rings is 1. The maximum absolute atomic E-state index is 12.3. The Morgan fingerprint density at radius 3 is 2.28 bits per heavy atom. The zero-order valence-electron chi connectivity index (χ0n) is 15.6. The smallest absolute Gasteiger partial charge is 0.319 e. The van der Waals surface area contributed by atoms with Gasteiger partial charge in [0.05, 0.1) is 12.8 Å². The van der Waals surface area contributed by atoms with Crippen molar-refractivity contribution < 1.29 is 18.7 Å². The Morgan fingerprint density at radius 2 is 1.66 bits per heavy atom. The molecule has 0 aliphatic heterocycles. The first kappa shape index (κ1) is 20.3. The fourth-order valence-electron chi connectivity index (χ4n) is 2.41. The van der Waals surface area contributed by atoms with E-state index in [-0.39, 0.29) is 11.9 Å². The van der Waals surface area contributed by atoms with E-state index in [1.807, 2.05) is 0 Å². The second-order valence-electron chi connectivity index (χ2n) is 6.17. The summed E-state index contributed by atoms with van der Waals surface area (Å²) in [6.07, 6.45) is 0.852. The molecule has 0 radical (unpaired) electrons. The van der Waals surface area contributed by atoms with Crippen LogP contribution in [0.1, 0.15) is 12.7 Å². The molecule has 1 unspecified atom stereocenters. The lowest BCUT2D eigenvalue weighted by molar-refractivity contribution is -0.122. The normalized spacial score (nSPS) is 11.4. The summed E-state index contributed by atoms with van der Waals surface area (Å²) in [6.45, 7) is 1.95. The molecule has 7 nitrogen and oxygen atoms in total. The number of amides is 3. The summed E-state index contributed by atoms with van der Waals surface area (Å²) < 4.78 is 10.7. The first-order valence-electron chi connectivity index (χ1n) is 8.90. The Morgan fingerprint density at radius 1 is 1.00 bits per heavy atom. The molecule has 0 bridgehead atoms. The van der Waals surface area contributed by atoms with Gasteiger partial charge in [0, 0.05) is 16.4 Å². The third kappa shape index (κ3) is 6.29. The van der Waals surface area contributed by atoms with Crippen LogP contribution in [-0.4, -0.2) is 18.0 Å². The quantitative estimate of drug-likeness (QED) is 0.525. The molecule has 29 heavy (non-hydrogen) atoms. The third-order valence-electron chi connectivity index (χ3n) is 3.91. The van der Waals surface area contributed by atoms with Crippen LogP contribution in [0.2, 0.25) is 5.02 Å². The molecule has 1 atom stereocenters. The highest BCUT2D eigenvalue weighted by Crippen LogP contribution is 2.18. The van der Waals surface area contributed by atoms with E-state index in [1.165, 1.54) is 0 Å². The minimum atomic E-state index is -0.693. The van der Waals surface area contributed by atoms with Crippen LogP contribution >= 0.6 is 11.6 Å². The van der Waals surface area contributed by atoms with Gasteiger partial charge in [-0.05, 0) is 67.6 Å². The number of urea groups is 1. The number of anilines is 2. The molecule has 150 valence electrons. The maximum atomic E-state index is 12.3. The van der Waals surface area contributed by atoms with E-state index in [1.54, 1.807) is 73.9 Å². The van der Waals surface area contributed by atoms with Crippen LogP contribution < -0.4 is 20.7 Å². The molecule has 1 heterocycles. The Bertz CT molecular complexity index is 941. The molecule has 0 aliphatic rings. The lowest BCUT2D eigenvalue weighted by Gasteiger charge is -2.15. The van der Waals surface area contributed by atoms with Gasteiger partial charge in [0.1, 0.15) is 11.5 Å². The molecule has 8 heteroatoms. The van der Waals surface area contributed by atoms with E-state index >= 15 is 0 Å². The van der Waals surface area contributed by atoms with Gasteiger partial charge in [-0.2, -0.15) is 0 Å². The second-order valence-corrected chi connectivity index (χ2v) is 6.60. The van der Waals surface area contributed by atoms with Crippen molar-refractivity contribution >= 4 is 34.9 Å². The summed E-state index contributed by atoms with van der Waals surface area (Å²) in [6, 6.07) is 16.7. The number of carbonyl (C=O) groups is 2. The van der Waals surface area contributed by atoms with Crippen molar-refractivity contribution in [2.24, 2.45) is 0 Å². The minimum Gasteiger partial charge on any atom is -0.481 e. The molecule has 1 aromatic heterocycles. The molecule has 3 N–H and O–H groups in total. The Hall–Kier alpha value is -3.45. The third-order valence-corrected chi connectivity index (χ3v) is 4.16. The molecule has 0 saturated carbocycles. The maximum Gasteiger partial charge on any atom is 0.319 e. The van der Waals surface area contributed by atoms with E-state index in [2.05, 4.69) is 16.0 Å². The lowest BCUT2D eigenvalue weighted by atomic mass is 10.2. The van der Waals surface area contributed by atoms with Crippen LogP contribution in [-0.2, 0) is 11.3 Å². The molecule has 3 aromatic rings. The molecule has 0 fully saturated rings. The molecule has 0 aliphatic carbocycles. The summed E-state index contributed by atoms with van der Waals surface area (Å²) >= 11 is 5.83. The van der Waals surface area contributed by atoms with Crippen molar-refractivity contribution in [1.29, 1.82) is 0 Å². The average molecular weight is 414 g/mol. The zero-order chi connectivity index (χ0) is 20.6. The standard InChI is InChI=1S/C21H20ClN3O4/c1-14(29-18-10-4-15(22)5-11-18)20(26)24-16-6-8-17(9-7-16)25-21(27)23-13-19-3-2-12-28-19/h2-12,14H,13H2,1H3,(H,24,26)(H2,23,25,27). The summed E-state index contributed by atoms with van der Waals surface area (Å²) in [7, 11) is 0. The molecule has 3 amide bonds. The highest BCUT2D eigenvalue weighted by atomic mass is 35.5. The fraction of sp³-hybridized carbons (Fsp3) is 0.143. The van der Waals surface area contributed by atoms with Crippen LogP contribution in [0, 0.1) is 0 Å². The van der Waals surface area contributed by atoms with E-state index in [9.17, 15) is 9.59 Å². The van der Waals surface area contributed by atoms with Crippen molar-refractivity contribution in [3.05, 3.63) is 77.7 Å². The van der Waals surface area contributed by atoms with Crippen molar-refractivity contribution in [3.63, 3.8) is 0 Å². The molecule has 0 spiro atoms. The van der Waals surface area contributed by atoms with Crippen LogP contribution in [0.4, 0.5) is 16.2 Å². The van der Waals surface area contributed by atoms with E-state index in [0.29, 0.717) is 34.5 Å². The number of hydrogen-bond donors (Lipinski definition) is 3. The molecular weight excluding hydrogens is 394 g/mol.